The molecule has 0 aliphatic heterocycles. The van der Waals surface area contributed by atoms with E-state index in [0.717, 1.165) is 33.3 Å². The number of hydrogen-bond donors (Lipinski definition) is 0. The van der Waals surface area contributed by atoms with Crippen LogP contribution in [-0.2, 0) is 6.18 Å². The molecule has 5 aromatic rings. The summed E-state index contributed by atoms with van der Waals surface area (Å²) in [5, 5.41) is 2.90. The lowest BCUT2D eigenvalue weighted by Crippen LogP contribution is -2.07. The maximum absolute atomic E-state index is 13.9. The third-order valence-electron chi connectivity index (χ3n) is 5.57. The summed E-state index contributed by atoms with van der Waals surface area (Å²) in [6.07, 6.45) is -4.45. The molecule has 0 spiro atoms. The second-order valence-corrected chi connectivity index (χ2v) is 7.67. The van der Waals surface area contributed by atoms with E-state index in [-0.39, 0.29) is 5.56 Å². The van der Waals surface area contributed by atoms with E-state index in [0.29, 0.717) is 16.8 Å². The number of pyridine rings is 1. The Labute approximate surface area is 177 Å². The van der Waals surface area contributed by atoms with Gasteiger partial charge in [-0.05, 0) is 64.7 Å². The second kappa shape index (κ2) is 7.24. The molecule has 0 unspecified atom stereocenters. The van der Waals surface area contributed by atoms with Gasteiger partial charge in [0.15, 0.2) is 0 Å². The fourth-order valence-corrected chi connectivity index (χ4v) is 4.05. The lowest BCUT2D eigenvalue weighted by Gasteiger charge is -2.16. The summed E-state index contributed by atoms with van der Waals surface area (Å²) < 4.78 is 41.6. The predicted octanol–water partition coefficient (Wildman–Crippen LogP) is 8.05. The minimum Gasteiger partial charge on any atom is -0.248 e. The molecule has 0 bridgehead atoms. The zero-order valence-electron chi connectivity index (χ0n) is 16.7. The van der Waals surface area contributed by atoms with Crippen LogP contribution in [0.25, 0.3) is 44.1 Å². The lowest BCUT2D eigenvalue weighted by atomic mass is 9.93. The van der Waals surface area contributed by atoms with E-state index in [9.17, 15) is 13.2 Å². The van der Waals surface area contributed by atoms with Crippen molar-refractivity contribution in [1.29, 1.82) is 0 Å². The topological polar surface area (TPSA) is 12.9 Å². The van der Waals surface area contributed by atoms with Crippen molar-refractivity contribution in [2.24, 2.45) is 0 Å². The van der Waals surface area contributed by atoms with Crippen LogP contribution < -0.4 is 0 Å². The van der Waals surface area contributed by atoms with Gasteiger partial charge in [-0.2, -0.15) is 13.2 Å². The Morgan fingerprint density at radius 2 is 1.32 bits per heavy atom. The highest BCUT2D eigenvalue weighted by Crippen LogP contribution is 2.40. The zero-order chi connectivity index (χ0) is 21.6. The molecule has 4 aromatic carbocycles. The molecule has 152 valence electrons. The first-order valence-electron chi connectivity index (χ1n) is 9.97. The minimum absolute atomic E-state index is 0.158. The smallest absolute Gasteiger partial charge is 0.248 e. The number of halogens is 3. The normalized spacial score (nSPS) is 11.9. The van der Waals surface area contributed by atoms with Crippen LogP contribution in [0.3, 0.4) is 0 Å². The molecule has 0 saturated carbocycles. The second-order valence-electron chi connectivity index (χ2n) is 7.67. The van der Waals surface area contributed by atoms with E-state index in [1.54, 1.807) is 12.1 Å². The number of benzene rings is 4. The molecule has 0 fully saturated rings. The van der Waals surface area contributed by atoms with Crippen molar-refractivity contribution >= 4 is 21.7 Å². The summed E-state index contributed by atoms with van der Waals surface area (Å²) in [5.41, 5.74) is 3.13. The molecular weight excluding hydrogens is 395 g/mol. The fraction of sp³-hybridized carbons (Fsp3) is 0.0741. The van der Waals surface area contributed by atoms with Crippen molar-refractivity contribution in [3.8, 4) is 22.4 Å². The van der Waals surface area contributed by atoms with Crippen LogP contribution >= 0.6 is 0 Å². The molecule has 0 amide bonds. The molecule has 0 aliphatic rings. The van der Waals surface area contributed by atoms with Gasteiger partial charge in [0.1, 0.15) is 0 Å². The number of hydrogen-bond acceptors (Lipinski definition) is 1. The van der Waals surface area contributed by atoms with E-state index in [1.807, 2.05) is 73.7 Å². The van der Waals surface area contributed by atoms with E-state index in [1.165, 1.54) is 6.07 Å². The summed E-state index contributed by atoms with van der Waals surface area (Å²) in [5.74, 6) is 0. The molecular formula is C27H18F3N. The highest BCUT2D eigenvalue weighted by Gasteiger charge is 2.34. The van der Waals surface area contributed by atoms with Crippen molar-refractivity contribution in [3.05, 3.63) is 102 Å². The zero-order valence-corrected chi connectivity index (χ0v) is 16.7. The molecule has 1 heterocycles. The molecule has 4 heteroatoms. The molecule has 31 heavy (non-hydrogen) atoms. The van der Waals surface area contributed by atoms with Crippen molar-refractivity contribution in [1.82, 2.24) is 4.98 Å². The van der Waals surface area contributed by atoms with Gasteiger partial charge in [0.05, 0.1) is 16.8 Å². The predicted molar refractivity (Wildman–Crippen MR) is 120 cm³/mol. The minimum atomic E-state index is -4.45. The number of aromatic nitrogens is 1. The number of fused-ring (bicyclic) bond motifs is 2. The number of nitrogens with zero attached hydrogens (tertiary/aromatic N) is 1. The van der Waals surface area contributed by atoms with Gasteiger partial charge in [0.2, 0.25) is 0 Å². The van der Waals surface area contributed by atoms with Gasteiger partial charge in [-0.3, -0.25) is 0 Å². The van der Waals surface area contributed by atoms with Gasteiger partial charge in [-0.25, -0.2) is 4.98 Å². The number of alkyl halides is 3. The van der Waals surface area contributed by atoms with Gasteiger partial charge in [0, 0.05) is 10.9 Å². The van der Waals surface area contributed by atoms with Gasteiger partial charge in [0.25, 0.3) is 0 Å². The molecule has 1 nitrogen and oxygen atoms in total. The Morgan fingerprint density at radius 3 is 2.10 bits per heavy atom. The van der Waals surface area contributed by atoms with Crippen molar-refractivity contribution in [2.45, 2.75) is 13.1 Å². The lowest BCUT2D eigenvalue weighted by molar-refractivity contribution is -0.137. The van der Waals surface area contributed by atoms with Crippen LogP contribution in [0.15, 0.2) is 91.0 Å². The number of para-hydroxylation sites is 1. The molecule has 5 rings (SSSR count). The number of aryl methyl sites for hydroxylation is 1. The number of rotatable bonds is 2. The van der Waals surface area contributed by atoms with Crippen LogP contribution in [0.2, 0.25) is 0 Å². The van der Waals surface area contributed by atoms with Gasteiger partial charge < -0.3 is 0 Å². The van der Waals surface area contributed by atoms with Crippen LogP contribution in [0.5, 0.6) is 0 Å². The summed E-state index contributed by atoms with van der Waals surface area (Å²) >= 11 is 0. The first-order chi connectivity index (χ1) is 14.9. The Bertz CT molecular complexity index is 1430. The van der Waals surface area contributed by atoms with Crippen molar-refractivity contribution in [3.63, 3.8) is 0 Å². The Kier molecular flexibility index (Phi) is 4.51. The van der Waals surface area contributed by atoms with Crippen LogP contribution in [-0.4, -0.2) is 4.98 Å². The van der Waals surface area contributed by atoms with Crippen LogP contribution in [0.1, 0.15) is 11.1 Å². The van der Waals surface area contributed by atoms with E-state index in [2.05, 4.69) is 0 Å². The maximum Gasteiger partial charge on any atom is 0.417 e. The van der Waals surface area contributed by atoms with E-state index < -0.39 is 11.7 Å². The van der Waals surface area contributed by atoms with Gasteiger partial charge >= 0.3 is 6.18 Å². The summed E-state index contributed by atoms with van der Waals surface area (Å²) in [6.45, 7) is 1.93. The molecule has 0 saturated heterocycles. The van der Waals surface area contributed by atoms with Crippen molar-refractivity contribution < 1.29 is 13.2 Å². The Morgan fingerprint density at radius 1 is 0.645 bits per heavy atom. The van der Waals surface area contributed by atoms with Crippen LogP contribution in [0.4, 0.5) is 13.2 Å². The van der Waals surface area contributed by atoms with Crippen LogP contribution in [0, 0.1) is 6.92 Å². The summed E-state index contributed by atoms with van der Waals surface area (Å²) in [4.78, 5) is 4.74. The fourth-order valence-electron chi connectivity index (χ4n) is 4.05. The quantitative estimate of drug-likeness (QED) is 0.285. The SMILES string of the molecule is Cc1cc2ccccc2nc1-c1ccc(C(F)(F)F)c(-c2ccc3ccccc3c2)c1. The summed E-state index contributed by atoms with van der Waals surface area (Å²) in [6, 6.07) is 27.1. The average Bonchev–Trinajstić information content (AvgIpc) is 2.77. The third-order valence-corrected chi connectivity index (χ3v) is 5.57. The third kappa shape index (κ3) is 3.55. The Balaban J connectivity index is 1.73. The van der Waals surface area contributed by atoms with E-state index >= 15 is 0 Å². The first-order valence-corrected chi connectivity index (χ1v) is 9.97. The largest absolute Gasteiger partial charge is 0.417 e. The van der Waals surface area contributed by atoms with Gasteiger partial charge in [-0.15, -0.1) is 0 Å². The molecule has 0 N–H and O–H groups in total. The standard InChI is InChI=1S/C27H18F3N/c1-17-14-21-8-4-5-9-25(21)31-26(17)22-12-13-24(27(28,29)30)23(16-22)20-11-10-18-6-2-3-7-19(18)15-20/h2-16H,1H3. The maximum atomic E-state index is 13.9. The highest BCUT2D eigenvalue weighted by molar-refractivity contribution is 5.89. The van der Waals surface area contributed by atoms with Gasteiger partial charge in [-0.1, -0.05) is 60.7 Å². The molecule has 0 atom stereocenters. The Hall–Kier alpha value is -3.66. The first kappa shape index (κ1) is 19.3. The monoisotopic (exact) mass is 413 g/mol. The molecule has 0 aliphatic carbocycles. The summed E-state index contributed by atoms with van der Waals surface area (Å²) in [7, 11) is 0. The molecule has 0 radical (unpaired) electrons. The highest BCUT2D eigenvalue weighted by atomic mass is 19.4. The average molecular weight is 413 g/mol. The van der Waals surface area contributed by atoms with Crippen molar-refractivity contribution in [2.75, 3.05) is 0 Å². The molecule has 1 aromatic heterocycles. The van der Waals surface area contributed by atoms with E-state index in [4.69, 9.17) is 4.98 Å².